The zero-order chi connectivity index (χ0) is 32.1. The molecule has 0 N–H and O–H groups in total. The van der Waals surface area contributed by atoms with Crippen molar-refractivity contribution < 1.29 is 4.74 Å². The van der Waals surface area contributed by atoms with E-state index in [1.165, 1.54) is 0 Å². The Bertz CT molecular complexity index is 1870. The molecule has 5 heteroatoms. The normalized spacial score (nSPS) is 15.6. The fourth-order valence-corrected chi connectivity index (χ4v) is 6.50. The van der Waals surface area contributed by atoms with Crippen LogP contribution in [0.3, 0.4) is 0 Å². The third-order valence-electron chi connectivity index (χ3n) is 8.97. The molecule has 230 valence electrons. The molecule has 5 heterocycles. The van der Waals surface area contributed by atoms with Gasteiger partial charge in [0.25, 0.3) is 0 Å². The molecular formula is C41H40N4O. The summed E-state index contributed by atoms with van der Waals surface area (Å²) in [4.78, 5) is 20.5. The van der Waals surface area contributed by atoms with Crippen molar-refractivity contribution in [3.63, 3.8) is 0 Å². The number of hydrogen-bond acceptors (Lipinski definition) is 5. The molecule has 7 rings (SSSR count). The molecule has 5 aromatic rings. The number of pyridine rings is 4. The lowest BCUT2D eigenvalue weighted by Gasteiger charge is -2.41. The number of fused-ring (bicyclic) bond motifs is 1. The van der Waals surface area contributed by atoms with Crippen molar-refractivity contribution in [3.05, 3.63) is 149 Å². The first kappa shape index (κ1) is 29.8. The van der Waals surface area contributed by atoms with Gasteiger partial charge in [0.1, 0.15) is 16.9 Å². The summed E-state index contributed by atoms with van der Waals surface area (Å²) in [5, 5.41) is 0. The predicted octanol–water partition coefficient (Wildman–Crippen LogP) is 9.53. The van der Waals surface area contributed by atoms with Crippen LogP contribution in [-0.2, 0) is 16.2 Å². The number of ether oxygens (including phenoxy) is 1. The Hall–Kier alpha value is -4.90. The van der Waals surface area contributed by atoms with Crippen LogP contribution in [0.15, 0.2) is 121 Å². The zero-order valence-electron chi connectivity index (χ0n) is 27.5. The SMILES string of the molecule is CC(C)(C)c1ccc(-c2cccc(C3(c4cccc(-c5ccc(C(C)(C)C)nc5)n4)C4=C(CCC=C4)Oc4ccccc43)n2)cn1. The second-order valence-corrected chi connectivity index (χ2v) is 14.3. The van der Waals surface area contributed by atoms with Gasteiger partial charge in [-0.2, -0.15) is 0 Å². The molecule has 1 aliphatic carbocycles. The maximum Gasteiger partial charge on any atom is 0.131 e. The molecule has 0 bridgehead atoms. The molecule has 0 fully saturated rings. The van der Waals surface area contributed by atoms with E-state index in [-0.39, 0.29) is 10.8 Å². The van der Waals surface area contributed by atoms with Crippen molar-refractivity contribution >= 4 is 0 Å². The average Bonchev–Trinajstić information content (AvgIpc) is 3.07. The fourth-order valence-electron chi connectivity index (χ4n) is 6.50. The van der Waals surface area contributed by atoms with Gasteiger partial charge in [0.15, 0.2) is 0 Å². The van der Waals surface area contributed by atoms with E-state index in [2.05, 4.69) is 133 Å². The lowest BCUT2D eigenvalue weighted by molar-refractivity contribution is 0.360. The van der Waals surface area contributed by atoms with Gasteiger partial charge in [-0.25, -0.2) is 0 Å². The Morgan fingerprint density at radius 2 is 1.20 bits per heavy atom. The van der Waals surface area contributed by atoms with Crippen molar-refractivity contribution in [2.24, 2.45) is 0 Å². The van der Waals surface area contributed by atoms with Gasteiger partial charge < -0.3 is 4.74 Å². The minimum absolute atomic E-state index is 0.0286. The van der Waals surface area contributed by atoms with Crippen molar-refractivity contribution in [2.75, 3.05) is 0 Å². The highest BCUT2D eigenvalue weighted by Gasteiger charge is 2.49. The Morgan fingerprint density at radius 3 is 1.72 bits per heavy atom. The standard InChI is InChI=1S/C41H40N4O/c1-39(2,3)35-23-21-27(25-42-35)31-15-11-19-37(44-31)41(29-13-7-9-17-33(29)46-34-18-10-8-14-30(34)41)38-20-12-16-32(45-38)28-22-24-36(43-26-28)40(4,5)6/h7-9,11-17,19-26H,10,18H2,1-6H3. The lowest BCUT2D eigenvalue weighted by Crippen LogP contribution is -2.38. The number of benzene rings is 1. The highest BCUT2D eigenvalue weighted by molar-refractivity contribution is 5.69. The lowest BCUT2D eigenvalue weighted by atomic mass is 9.65. The van der Waals surface area contributed by atoms with Gasteiger partial charge in [0, 0.05) is 63.3 Å². The third kappa shape index (κ3) is 5.14. The molecule has 0 spiro atoms. The molecule has 0 saturated heterocycles. The van der Waals surface area contributed by atoms with Crippen LogP contribution in [0.4, 0.5) is 0 Å². The van der Waals surface area contributed by atoms with Crippen LogP contribution in [0, 0.1) is 0 Å². The van der Waals surface area contributed by atoms with Crippen LogP contribution in [0.25, 0.3) is 22.5 Å². The topological polar surface area (TPSA) is 60.8 Å². The first-order valence-electron chi connectivity index (χ1n) is 16.1. The monoisotopic (exact) mass is 604 g/mol. The summed E-state index contributed by atoms with van der Waals surface area (Å²) in [5.74, 6) is 1.80. The second-order valence-electron chi connectivity index (χ2n) is 14.3. The van der Waals surface area contributed by atoms with E-state index in [4.69, 9.17) is 24.7 Å². The minimum Gasteiger partial charge on any atom is -0.461 e. The number of para-hydroxylation sites is 1. The molecule has 4 aromatic heterocycles. The van der Waals surface area contributed by atoms with E-state index in [9.17, 15) is 0 Å². The number of hydrogen-bond donors (Lipinski definition) is 0. The Kier molecular flexibility index (Phi) is 7.23. The van der Waals surface area contributed by atoms with Crippen LogP contribution < -0.4 is 4.74 Å². The molecule has 0 saturated carbocycles. The fraction of sp³-hybridized carbons (Fsp3) is 0.268. The molecule has 2 aliphatic rings. The minimum atomic E-state index is -0.801. The highest BCUT2D eigenvalue weighted by Crippen LogP contribution is 2.53. The molecule has 0 unspecified atom stereocenters. The summed E-state index contributed by atoms with van der Waals surface area (Å²) < 4.78 is 6.61. The van der Waals surface area contributed by atoms with Crippen molar-refractivity contribution in [3.8, 4) is 28.3 Å². The first-order chi connectivity index (χ1) is 22.0. The van der Waals surface area contributed by atoms with Crippen LogP contribution >= 0.6 is 0 Å². The van der Waals surface area contributed by atoms with Gasteiger partial charge >= 0.3 is 0 Å². The quantitative estimate of drug-likeness (QED) is 0.204. The Labute approximate surface area is 272 Å². The zero-order valence-corrected chi connectivity index (χ0v) is 27.5. The van der Waals surface area contributed by atoms with Gasteiger partial charge in [-0.05, 0) is 61.0 Å². The van der Waals surface area contributed by atoms with E-state index < -0.39 is 5.41 Å². The molecule has 5 nitrogen and oxygen atoms in total. The molecule has 0 atom stereocenters. The van der Waals surface area contributed by atoms with Gasteiger partial charge in [0.2, 0.25) is 0 Å². The summed E-state index contributed by atoms with van der Waals surface area (Å²) in [6.07, 6.45) is 10.1. The van der Waals surface area contributed by atoms with Gasteiger partial charge in [-0.15, -0.1) is 0 Å². The number of allylic oxidation sites excluding steroid dienone is 4. The van der Waals surface area contributed by atoms with Crippen LogP contribution in [0.2, 0.25) is 0 Å². The smallest absolute Gasteiger partial charge is 0.131 e. The Balaban J connectivity index is 1.46. The summed E-state index contributed by atoms with van der Waals surface area (Å²) in [6.45, 7) is 13.1. The molecule has 46 heavy (non-hydrogen) atoms. The summed E-state index contributed by atoms with van der Waals surface area (Å²) in [6, 6.07) is 29.4. The summed E-state index contributed by atoms with van der Waals surface area (Å²) in [7, 11) is 0. The predicted molar refractivity (Wildman–Crippen MR) is 185 cm³/mol. The largest absolute Gasteiger partial charge is 0.461 e. The van der Waals surface area contributed by atoms with E-state index in [0.29, 0.717) is 0 Å². The van der Waals surface area contributed by atoms with Gasteiger partial charge in [-0.1, -0.05) is 84.0 Å². The second kappa shape index (κ2) is 11.2. The number of aromatic nitrogens is 4. The Morgan fingerprint density at radius 1 is 0.630 bits per heavy atom. The van der Waals surface area contributed by atoms with Crippen LogP contribution in [0.5, 0.6) is 5.75 Å². The summed E-state index contributed by atoms with van der Waals surface area (Å²) >= 11 is 0. The number of rotatable bonds is 4. The van der Waals surface area contributed by atoms with Gasteiger partial charge in [0.05, 0.1) is 22.8 Å². The van der Waals surface area contributed by atoms with Crippen LogP contribution in [0.1, 0.15) is 82.7 Å². The van der Waals surface area contributed by atoms with Crippen molar-refractivity contribution in [2.45, 2.75) is 70.6 Å². The van der Waals surface area contributed by atoms with Crippen molar-refractivity contribution in [1.82, 2.24) is 19.9 Å². The first-order valence-corrected chi connectivity index (χ1v) is 16.1. The van der Waals surface area contributed by atoms with Gasteiger partial charge in [-0.3, -0.25) is 19.9 Å². The molecule has 1 aromatic carbocycles. The third-order valence-corrected chi connectivity index (χ3v) is 8.97. The van der Waals surface area contributed by atoms with E-state index in [1.54, 1.807) is 0 Å². The average molecular weight is 605 g/mol. The van der Waals surface area contributed by atoms with Crippen LogP contribution in [-0.4, -0.2) is 19.9 Å². The van der Waals surface area contributed by atoms with E-state index >= 15 is 0 Å². The summed E-state index contributed by atoms with van der Waals surface area (Å²) in [5.41, 5.74) is 8.83. The molecular weight excluding hydrogens is 564 g/mol. The maximum absolute atomic E-state index is 6.61. The maximum atomic E-state index is 6.61. The molecule has 0 amide bonds. The van der Waals surface area contributed by atoms with Crippen molar-refractivity contribution in [1.29, 1.82) is 0 Å². The molecule has 1 aliphatic heterocycles. The number of nitrogens with zero attached hydrogens (tertiary/aromatic N) is 4. The highest BCUT2D eigenvalue weighted by atomic mass is 16.5. The van der Waals surface area contributed by atoms with E-state index in [0.717, 1.165) is 80.8 Å². The molecule has 0 radical (unpaired) electrons. The van der Waals surface area contributed by atoms with E-state index in [1.807, 2.05) is 18.5 Å².